The van der Waals surface area contributed by atoms with Crippen molar-refractivity contribution < 1.29 is 0 Å². The van der Waals surface area contributed by atoms with E-state index in [1.807, 2.05) is 0 Å². The van der Waals surface area contributed by atoms with Gasteiger partial charge in [-0.05, 0) is 44.2 Å². The lowest BCUT2D eigenvalue weighted by molar-refractivity contribution is 0.0254. The third-order valence-corrected chi connectivity index (χ3v) is 5.04. The predicted molar refractivity (Wildman–Crippen MR) is 78.0 cm³/mol. The highest BCUT2D eigenvalue weighted by Crippen LogP contribution is 2.27. The minimum atomic E-state index is 0.884. The van der Waals surface area contributed by atoms with E-state index >= 15 is 0 Å². The first-order chi connectivity index (χ1) is 7.69. The lowest BCUT2D eigenvalue weighted by atomic mass is 9.87. The molecule has 0 aliphatic carbocycles. The van der Waals surface area contributed by atoms with Gasteiger partial charge in [0, 0.05) is 19.1 Å². The van der Waals surface area contributed by atoms with Gasteiger partial charge in [-0.15, -0.1) is 0 Å². The molecule has 2 rings (SSSR count). The summed E-state index contributed by atoms with van der Waals surface area (Å²) in [6, 6.07) is 0.884. The minimum Gasteiger partial charge on any atom is -0.298 e. The van der Waals surface area contributed by atoms with E-state index in [1.165, 1.54) is 50.0 Å². The van der Waals surface area contributed by atoms with Crippen molar-refractivity contribution in [2.24, 2.45) is 11.8 Å². The molecule has 3 heteroatoms. The zero-order valence-corrected chi connectivity index (χ0v) is 12.8. The van der Waals surface area contributed by atoms with Crippen LogP contribution < -0.4 is 0 Å². The van der Waals surface area contributed by atoms with Gasteiger partial charge in [-0.1, -0.05) is 36.4 Å². The van der Waals surface area contributed by atoms with Crippen molar-refractivity contribution in [3.63, 3.8) is 0 Å². The molecule has 2 saturated heterocycles. The first-order valence-corrected chi connectivity index (χ1v) is 8.24. The Morgan fingerprint density at radius 3 is 2.31 bits per heavy atom. The first kappa shape index (κ1) is 13.1. The van der Waals surface area contributed by atoms with Gasteiger partial charge in [0.05, 0.1) is 4.55 Å². The molecule has 2 aliphatic rings. The molecule has 0 aromatic carbocycles. The van der Waals surface area contributed by atoms with Crippen LogP contribution in [0.5, 0.6) is 0 Å². The molecular weight excluding hydrogens is 311 g/mol. The summed E-state index contributed by atoms with van der Waals surface area (Å²) in [5.41, 5.74) is 0. The number of hydrogen-bond acceptors (Lipinski definition) is 2. The smallest absolute Gasteiger partial charge is 0.0506 e. The summed E-state index contributed by atoms with van der Waals surface area (Å²) in [6.45, 7) is 10.1. The Kier molecular flexibility index (Phi) is 4.91. The number of alkyl halides is 1. The summed E-state index contributed by atoms with van der Waals surface area (Å²) in [7, 11) is 0. The van der Waals surface area contributed by atoms with Crippen LogP contribution in [0.4, 0.5) is 0 Å². The Bertz CT molecular complexity index is 206. The quantitative estimate of drug-likeness (QED) is 0.443. The van der Waals surface area contributed by atoms with E-state index < -0.39 is 0 Å². The maximum Gasteiger partial charge on any atom is 0.0506 e. The molecule has 0 aromatic heterocycles. The summed E-state index contributed by atoms with van der Waals surface area (Å²) >= 11 is 2.47. The average molecular weight is 336 g/mol. The first-order valence-electron chi connectivity index (χ1n) is 6.71. The van der Waals surface area contributed by atoms with Crippen LogP contribution >= 0.6 is 22.6 Å². The lowest BCUT2D eigenvalue weighted by Crippen LogP contribution is -2.60. The molecule has 0 atom stereocenters. The molecule has 0 spiro atoms. The molecular formula is C13H25IN2. The van der Waals surface area contributed by atoms with Crippen molar-refractivity contribution in [2.75, 3.05) is 30.7 Å². The average Bonchev–Trinajstić information content (AvgIpc) is 2.18. The summed E-state index contributed by atoms with van der Waals surface area (Å²) in [4.78, 5) is 5.27. The van der Waals surface area contributed by atoms with Gasteiger partial charge in [0.1, 0.15) is 0 Å². The highest BCUT2D eigenvalue weighted by atomic mass is 127. The molecule has 0 amide bonds. The number of rotatable bonds is 4. The summed E-state index contributed by atoms with van der Waals surface area (Å²) in [5, 5.41) is 0. The second-order valence-electron chi connectivity index (χ2n) is 5.92. The zero-order valence-electron chi connectivity index (χ0n) is 10.7. The number of piperidine rings is 1. The van der Waals surface area contributed by atoms with E-state index in [2.05, 4.69) is 46.2 Å². The molecule has 0 N–H and O–H groups in total. The van der Waals surface area contributed by atoms with Crippen molar-refractivity contribution in [1.82, 2.24) is 9.80 Å². The molecule has 0 aromatic rings. The van der Waals surface area contributed by atoms with Crippen molar-refractivity contribution >= 4 is 22.6 Å². The van der Waals surface area contributed by atoms with E-state index in [0.717, 1.165) is 17.9 Å². The third kappa shape index (κ3) is 3.33. The lowest BCUT2D eigenvalue weighted by Gasteiger charge is -2.47. The van der Waals surface area contributed by atoms with E-state index in [0.29, 0.717) is 0 Å². The van der Waals surface area contributed by atoms with Crippen LogP contribution in [0.2, 0.25) is 0 Å². The Morgan fingerprint density at radius 1 is 1.19 bits per heavy atom. The van der Waals surface area contributed by atoms with E-state index in [4.69, 9.17) is 0 Å². The maximum absolute atomic E-state index is 2.74. The topological polar surface area (TPSA) is 6.48 Å². The molecule has 94 valence electrons. The SMILES string of the molecule is CC(C)CC1CCN(C2CN(CI)C2)CC1. The molecule has 2 fully saturated rings. The third-order valence-electron chi connectivity index (χ3n) is 4.08. The van der Waals surface area contributed by atoms with Gasteiger partial charge in [0.25, 0.3) is 0 Å². The van der Waals surface area contributed by atoms with E-state index in [9.17, 15) is 0 Å². The normalized spacial score (nSPS) is 26.2. The van der Waals surface area contributed by atoms with Crippen LogP contribution in [0.25, 0.3) is 0 Å². The summed E-state index contributed by atoms with van der Waals surface area (Å²) in [5.74, 6) is 1.90. The molecule has 0 saturated carbocycles. The van der Waals surface area contributed by atoms with Crippen molar-refractivity contribution in [3.8, 4) is 0 Å². The number of likely N-dealkylation sites (tertiary alicyclic amines) is 2. The van der Waals surface area contributed by atoms with Gasteiger partial charge < -0.3 is 0 Å². The number of halogens is 1. The van der Waals surface area contributed by atoms with Crippen LogP contribution in [0.3, 0.4) is 0 Å². The Labute approximate surface area is 114 Å². The second kappa shape index (κ2) is 6.01. The highest BCUT2D eigenvalue weighted by Gasteiger charge is 2.33. The van der Waals surface area contributed by atoms with Gasteiger partial charge in [-0.3, -0.25) is 9.80 Å². The Hall–Kier alpha value is 0.650. The Balaban J connectivity index is 1.66. The standard InChI is InChI=1S/C13H25IN2/c1-11(2)7-12-3-5-16(6-4-12)13-8-15(9-13)10-14/h11-13H,3-10H2,1-2H3. The van der Waals surface area contributed by atoms with Gasteiger partial charge in [-0.25, -0.2) is 0 Å². The summed E-state index contributed by atoms with van der Waals surface area (Å²) in [6.07, 6.45) is 4.33. The molecule has 2 aliphatic heterocycles. The molecule has 0 unspecified atom stereocenters. The predicted octanol–water partition coefficient (Wildman–Crippen LogP) is 2.82. The molecule has 0 radical (unpaired) electrons. The fraction of sp³-hybridized carbons (Fsp3) is 1.00. The molecule has 0 bridgehead atoms. The van der Waals surface area contributed by atoms with Gasteiger partial charge in [-0.2, -0.15) is 0 Å². The largest absolute Gasteiger partial charge is 0.298 e. The van der Waals surface area contributed by atoms with Crippen LogP contribution in [-0.4, -0.2) is 46.6 Å². The monoisotopic (exact) mass is 336 g/mol. The van der Waals surface area contributed by atoms with Crippen LogP contribution in [0.1, 0.15) is 33.1 Å². The fourth-order valence-corrected chi connectivity index (χ4v) is 3.65. The van der Waals surface area contributed by atoms with Crippen molar-refractivity contribution in [1.29, 1.82) is 0 Å². The Morgan fingerprint density at radius 2 is 1.81 bits per heavy atom. The van der Waals surface area contributed by atoms with Gasteiger partial charge >= 0.3 is 0 Å². The van der Waals surface area contributed by atoms with Crippen LogP contribution in [-0.2, 0) is 0 Å². The minimum absolute atomic E-state index is 0.884. The second-order valence-corrected chi connectivity index (χ2v) is 6.60. The van der Waals surface area contributed by atoms with E-state index in [-0.39, 0.29) is 0 Å². The number of nitrogens with zero attached hydrogens (tertiary/aromatic N) is 2. The van der Waals surface area contributed by atoms with Crippen LogP contribution in [0, 0.1) is 11.8 Å². The molecule has 16 heavy (non-hydrogen) atoms. The van der Waals surface area contributed by atoms with Crippen LogP contribution in [0.15, 0.2) is 0 Å². The summed E-state index contributed by atoms with van der Waals surface area (Å²) < 4.78 is 1.21. The molecule has 2 heterocycles. The highest BCUT2D eigenvalue weighted by molar-refractivity contribution is 14.1. The molecule has 2 nitrogen and oxygen atoms in total. The number of hydrogen-bond donors (Lipinski definition) is 0. The maximum atomic E-state index is 2.74. The van der Waals surface area contributed by atoms with Crippen molar-refractivity contribution in [3.05, 3.63) is 0 Å². The van der Waals surface area contributed by atoms with Gasteiger partial charge in [0.2, 0.25) is 0 Å². The zero-order chi connectivity index (χ0) is 11.5. The van der Waals surface area contributed by atoms with Crippen molar-refractivity contribution in [2.45, 2.75) is 39.2 Å². The van der Waals surface area contributed by atoms with Gasteiger partial charge in [0.15, 0.2) is 0 Å². The van der Waals surface area contributed by atoms with E-state index in [1.54, 1.807) is 0 Å². The fourth-order valence-electron chi connectivity index (χ4n) is 3.09.